The van der Waals surface area contributed by atoms with Crippen molar-refractivity contribution in [1.29, 1.82) is 0 Å². The minimum absolute atomic E-state index is 0.204. The molecule has 1 aliphatic carbocycles. The molecule has 2 fully saturated rings. The maximum atomic E-state index is 6.46. The van der Waals surface area contributed by atoms with Gasteiger partial charge in [-0.3, -0.25) is 0 Å². The summed E-state index contributed by atoms with van der Waals surface area (Å²) in [5.74, 6) is 0.904. The van der Waals surface area contributed by atoms with E-state index >= 15 is 0 Å². The first-order chi connectivity index (χ1) is 7.29. The summed E-state index contributed by atoms with van der Waals surface area (Å²) in [6.07, 6.45) is 12.1. The van der Waals surface area contributed by atoms with Crippen LogP contribution in [-0.2, 0) is 0 Å². The lowest BCUT2D eigenvalue weighted by atomic mass is 9.77. The normalized spacial score (nSPS) is 31.4. The van der Waals surface area contributed by atoms with E-state index in [0.29, 0.717) is 0 Å². The average Bonchev–Trinajstić information content (AvgIpc) is 2.29. The van der Waals surface area contributed by atoms with Crippen molar-refractivity contribution in [1.82, 2.24) is 5.32 Å². The zero-order valence-corrected chi connectivity index (χ0v) is 9.93. The van der Waals surface area contributed by atoms with Crippen molar-refractivity contribution < 1.29 is 0 Å². The molecule has 1 heterocycles. The third kappa shape index (κ3) is 3.46. The van der Waals surface area contributed by atoms with Crippen LogP contribution in [0, 0.1) is 5.92 Å². The van der Waals surface area contributed by atoms with Crippen LogP contribution in [0.15, 0.2) is 0 Å². The average molecular weight is 210 g/mol. The summed E-state index contributed by atoms with van der Waals surface area (Å²) in [7, 11) is 0. The third-order valence-electron chi connectivity index (χ3n) is 4.30. The van der Waals surface area contributed by atoms with Crippen LogP contribution in [-0.4, -0.2) is 18.6 Å². The fourth-order valence-corrected chi connectivity index (χ4v) is 3.17. The Morgan fingerprint density at radius 1 is 1.13 bits per heavy atom. The first kappa shape index (κ1) is 11.4. The predicted molar refractivity (Wildman–Crippen MR) is 64.8 cm³/mol. The minimum Gasteiger partial charge on any atom is -0.325 e. The number of rotatable bonds is 3. The van der Waals surface area contributed by atoms with Crippen molar-refractivity contribution in [2.45, 2.75) is 63.3 Å². The summed E-state index contributed by atoms with van der Waals surface area (Å²) in [4.78, 5) is 0. The molecule has 15 heavy (non-hydrogen) atoms. The van der Waals surface area contributed by atoms with E-state index in [9.17, 15) is 0 Å². The second-order valence-electron chi connectivity index (χ2n) is 5.67. The third-order valence-corrected chi connectivity index (χ3v) is 4.30. The van der Waals surface area contributed by atoms with Gasteiger partial charge in [0.15, 0.2) is 0 Å². The molecule has 1 saturated carbocycles. The van der Waals surface area contributed by atoms with Gasteiger partial charge in [-0.25, -0.2) is 0 Å². The molecule has 0 radical (unpaired) electrons. The minimum atomic E-state index is 0.204. The first-order valence-corrected chi connectivity index (χ1v) is 6.78. The van der Waals surface area contributed by atoms with Crippen molar-refractivity contribution in [3.8, 4) is 0 Å². The van der Waals surface area contributed by atoms with E-state index < -0.39 is 0 Å². The summed E-state index contributed by atoms with van der Waals surface area (Å²) in [6, 6.07) is 0. The molecule has 2 aliphatic rings. The molecule has 2 nitrogen and oxygen atoms in total. The smallest absolute Gasteiger partial charge is 0.0154 e. The molecule has 0 bridgehead atoms. The molecular weight excluding hydrogens is 184 g/mol. The fraction of sp³-hybridized carbons (Fsp3) is 1.00. The SMILES string of the molecule is NC1(CCC2CCCNC2)CCCCC1. The monoisotopic (exact) mass is 210 g/mol. The highest BCUT2D eigenvalue weighted by molar-refractivity contribution is 4.88. The fourth-order valence-electron chi connectivity index (χ4n) is 3.17. The molecule has 0 amide bonds. The Balaban J connectivity index is 1.70. The Bertz CT molecular complexity index is 179. The van der Waals surface area contributed by atoms with Crippen LogP contribution in [0.4, 0.5) is 0 Å². The Morgan fingerprint density at radius 2 is 1.93 bits per heavy atom. The highest BCUT2D eigenvalue weighted by atomic mass is 14.9. The van der Waals surface area contributed by atoms with E-state index in [-0.39, 0.29) is 5.54 Å². The molecule has 1 atom stereocenters. The van der Waals surface area contributed by atoms with Gasteiger partial charge in [0.2, 0.25) is 0 Å². The van der Waals surface area contributed by atoms with E-state index in [1.54, 1.807) is 0 Å². The van der Waals surface area contributed by atoms with Crippen molar-refractivity contribution in [2.24, 2.45) is 11.7 Å². The van der Waals surface area contributed by atoms with Crippen LogP contribution >= 0.6 is 0 Å². The summed E-state index contributed by atoms with van der Waals surface area (Å²) in [6.45, 7) is 2.46. The summed E-state index contributed by atoms with van der Waals surface area (Å²) in [5, 5.41) is 3.49. The molecule has 3 N–H and O–H groups in total. The van der Waals surface area contributed by atoms with Gasteiger partial charge in [0.25, 0.3) is 0 Å². The number of nitrogens with two attached hydrogens (primary N) is 1. The van der Waals surface area contributed by atoms with Gasteiger partial charge in [-0.15, -0.1) is 0 Å². The van der Waals surface area contributed by atoms with Gasteiger partial charge in [0, 0.05) is 5.54 Å². The summed E-state index contributed by atoms with van der Waals surface area (Å²) < 4.78 is 0. The Labute approximate surface area is 94.0 Å². The second kappa shape index (κ2) is 5.31. The van der Waals surface area contributed by atoms with Crippen LogP contribution in [0.5, 0.6) is 0 Å². The van der Waals surface area contributed by atoms with Crippen LogP contribution in [0.1, 0.15) is 57.8 Å². The van der Waals surface area contributed by atoms with Gasteiger partial charge in [-0.2, -0.15) is 0 Å². The van der Waals surface area contributed by atoms with Crippen molar-refractivity contribution in [3.05, 3.63) is 0 Å². The molecule has 0 aromatic rings. The molecule has 0 spiro atoms. The van der Waals surface area contributed by atoms with Gasteiger partial charge >= 0.3 is 0 Å². The van der Waals surface area contributed by atoms with Gasteiger partial charge in [0.1, 0.15) is 0 Å². The highest BCUT2D eigenvalue weighted by Crippen LogP contribution is 2.31. The van der Waals surface area contributed by atoms with Gasteiger partial charge < -0.3 is 11.1 Å². The Kier molecular flexibility index (Phi) is 4.04. The standard InChI is InChI=1S/C13H26N2/c14-13(7-2-1-3-8-13)9-6-12-5-4-10-15-11-12/h12,15H,1-11,14H2. The molecule has 1 saturated heterocycles. The largest absolute Gasteiger partial charge is 0.325 e. The molecule has 1 aliphatic heterocycles. The lowest BCUT2D eigenvalue weighted by molar-refractivity contribution is 0.241. The van der Waals surface area contributed by atoms with E-state index in [0.717, 1.165) is 5.92 Å². The second-order valence-corrected chi connectivity index (χ2v) is 5.67. The van der Waals surface area contributed by atoms with Crippen molar-refractivity contribution >= 4 is 0 Å². The summed E-state index contributed by atoms with van der Waals surface area (Å²) in [5.41, 5.74) is 6.66. The van der Waals surface area contributed by atoms with Crippen LogP contribution in [0.2, 0.25) is 0 Å². The molecule has 0 aromatic carbocycles. The lowest BCUT2D eigenvalue weighted by Crippen LogP contribution is -2.42. The maximum Gasteiger partial charge on any atom is 0.0154 e. The maximum absolute atomic E-state index is 6.46. The van der Waals surface area contributed by atoms with Crippen molar-refractivity contribution in [3.63, 3.8) is 0 Å². The molecule has 1 unspecified atom stereocenters. The first-order valence-electron chi connectivity index (χ1n) is 6.78. The Morgan fingerprint density at radius 3 is 2.60 bits per heavy atom. The zero-order valence-electron chi connectivity index (χ0n) is 9.93. The molecule has 88 valence electrons. The zero-order chi connectivity index (χ0) is 10.6. The Hall–Kier alpha value is -0.0800. The lowest BCUT2D eigenvalue weighted by Gasteiger charge is -2.35. The van der Waals surface area contributed by atoms with Crippen LogP contribution in [0.25, 0.3) is 0 Å². The van der Waals surface area contributed by atoms with Crippen molar-refractivity contribution in [2.75, 3.05) is 13.1 Å². The van der Waals surface area contributed by atoms with E-state index in [4.69, 9.17) is 5.73 Å². The number of nitrogens with one attached hydrogen (secondary N) is 1. The number of piperidine rings is 1. The van der Waals surface area contributed by atoms with Crippen LogP contribution < -0.4 is 11.1 Å². The summed E-state index contributed by atoms with van der Waals surface area (Å²) >= 11 is 0. The van der Waals surface area contributed by atoms with E-state index in [2.05, 4.69) is 5.32 Å². The molecular formula is C13H26N2. The van der Waals surface area contributed by atoms with Gasteiger partial charge in [0.05, 0.1) is 0 Å². The molecule has 2 heteroatoms. The number of hydrogen-bond acceptors (Lipinski definition) is 2. The van der Waals surface area contributed by atoms with Crippen LogP contribution in [0.3, 0.4) is 0 Å². The predicted octanol–water partition coefficient (Wildman–Crippen LogP) is 2.43. The highest BCUT2D eigenvalue weighted by Gasteiger charge is 2.28. The quantitative estimate of drug-likeness (QED) is 0.751. The number of hydrogen-bond donors (Lipinski definition) is 2. The van der Waals surface area contributed by atoms with E-state index in [1.165, 1.54) is 70.9 Å². The molecule has 2 rings (SSSR count). The van der Waals surface area contributed by atoms with Gasteiger partial charge in [-0.05, 0) is 57.5 Å². The molecule has 0 aromatic heterocycles. The van der Waals surface area contributed by atoms with E-state index in [1.807, 2.05) is 0 Å². The topological polar surface area (TPSA) is 38.0 Å². The van der Waals surface area contributed by atoms with Gasteiger partial charge in [-0.1, -0.05) is 19.3 Å².